The third-order valence-corrected chi connectivity index (χ3v) is 5.84. The van der Waals surface area contributed by atoms with Crippen LogP contribution in [0, 0.1) is 5.82 Å². The van der Waals surface area contributed by atoms with Gasteiger partial charge in [-0.3, -0.25) is 9.59 Å². The van der Waals surface area contributed by atoms with E-state index in [0.29, 0.717) is 35.8 Å². The van der Waals surface area contributed by atoms with Crippen LogP contribution < -0.4 is 10.1 Å². The number of carbonyl (C=O) groups excluding carboxylic acids is 2. The molecular formula is C23H21FN2O3S. The Labute approximate surface area is 178 Å². The topological polar surface area (TPSA) is 58.6 Å². The van der Waals surface area contributed by atoms with E-state index >= 15 is 0 Å². The van der Waals surface area contributed by atoms with Gasteiger partial charge in [-0.2, -0.15) is 0 Å². The third-order valence-electron chi connectivity index (χ3n) is 4.97. The molecule has 2 amide bonds. The van der Waals surface area contributed by atoms with Gasteiger partial charge in [-0.15, -0.1) is 11.3 Å². The Morgan fingerprint density at radius 2 is 2.03 bits per heavy atom. The van der Waals surface area contributed by atoms with Gasteiger partial charge >= 0.3 is 0 Å². The van der Waals surface area contributed by atoms with Gasteiger partial charge in [-0.25, -0.2) is 4.39 Å². The van der Waals surface area contributed by atoms with Crippen molar-refractivity contribution >= 4 is 28.8 Å². The Balaban J connectivity index is 1.51. The first kappa shape index (κ1) is 20.1. The molecule has 30 heavy (non-hydrogen) atoms. The fourth-order valence-electron chi connectivity index (χ4n) is 3.38. The predicted molar refractivity (Wildman–Crippen MR) is 114 cm³/mol. The summed E-state index contributed by atoms with van der Waals surface area (Å²) in [5.74, 6) is 0.0847. The average Bonchev–Trinajstić information content (AvgIpc) is 3.25. The van der Waals surface area contributed by atoms with E-state index in [2.05, 4.69) is 5.32 Å². The first-order chi connectivity index (χ1) is 14.5. The normalized spacial score (nSPS) is 15.9. The molecule has 0 spiro atoms. The summed E-state index contributed by atoms with van der Waals surface area (Å²) in [5.41, 5.74) is 2.44. The van der Waals surface area contributed by atoms with E-state index in [0.717, 1.165) is 11.1 Å². The molecule has 1 unspecified atom stereocenters. The monoisotopic (exact) mass is 424 g/mol. The van der Waals surface area contributed by atoms with Crippen LogP contribution >= 0.6 is 11.3 Å². The van der Waals surface area contributed by atoms with E-state index < -0.39 is 6.10 Å². The predicted octanol–water partition coefficient (Wildman–Crippen LogP) is 4.49. The molecule has 0 aliphatic carbocycles. The number of nitrogens with one attached hydrogen (secondary N) is 1. The number of carbonyl (C=O) groups is 2. The second kappa shape index (κ2) is 8.67. The van der Waals surface area contributed by atoms with Crippen LogP contribution in [0.2, 0.25) is 0 Å². The van der Waals surface area contributed by atoms with Crippen molar-refractivity contribution < 1.29 is 18.7 Å². The van der Waals surface area contributed by atoms with Crippen molar-refractivity contribution in [1.29, 1.82) is 0 Å². The van der Waals surface area contributed by atoms with Crippen molar-refractivity contribution in [3.8, 4) is 5.75 Å². The highest BCUT2D eigenvalue weighted by Gasteiger charge is 2.27. The Hall–Kier alpha value is -3.19. The van der Waals surface area contributed by atoms with Gasteiger partial charge in [0.25, 0.3) is 11.8 Å². The van der Waals surface area contributed by atoms with Gasteiger partial charge in [-0.1, -0.05) is 18.2 Å². The van der Waals surface area contributed by atoms with Gasteiger partial charge < -0.3 is 15.0 Å². The number of anilines is 1. The van der Waals surface area contributed by atoms with Crippen LogP contribution in [0.4, 0.5) is 10.1 Å². The smallest absolute Gasteiger partial charge is 0.265 e. The zero-order chi connectivity index (χ0) is 21.1. The van der Waals surface area contributed by atoms with Crippen LogP contribution in [-0.4, -0.2) is 29.4 Å². The summed E-state index contributed by atoms with van der Waals surface area (Å²) in [7, 11) is 0. The molecule has 1 atom stereocenters. The zero-order valence-corrected chi connectivity index (χ0v) is 17.2. The Morgan fingerprint density at radius 1 is 1.23 bits per heavy atom. The van der Waals surface area contributed by atoms with Crippen LogP contribution in [0.3, 0.4) is 0 Å². The fourth-order valence-corrected chi connectivity index (χ4v) is 4.00. The Kier molecular flexibility index (Phi) is 5.81. The van der Waals surface area contributed by atoms with Crippen LogP contribution in [0.15, 0.2) is 60.0 Å². The molecule has 0 bridgehead atoms. The lowest BCUT2D eigenvalue weighted by atomic mass is 10.1. The fraction of sp³-hybridized carbons (Fsp3) is 0.217. The minimum atomic E-state index is -0.606. The number of hydrogen-bond donors (Lipinski definition) is 1. The summed E-state index contributed by atoms with van der Waals surface area (Å²) in [5, 5.41) is 4.75. The average molecular weight is 424 g/mol. The maximum Gasteiger partial charge on any atom is 0.265 e. The summed E-state index contributed by atoms with van der Waals surface area (Å²) >= 11 is 1.38. The zero-order valence-electron chi connectivity index (χ0n) is 16.4. The number of amides is 2. The van der Waals surface area contributed by atoms with Gasteiger partial charge in [0.15, 0.2) is 6.10 Å². The molecule has 2 heterocycles. The van der Waals surface area contributed by atoms with Crippen LogP contribution in [0.1, 0.15) is 27.7 Å². The van der Waals surface area contributed by atoms with Gasteiger partial charge in [-0.05, 0) is 60.7 Å². The minimum Gasteiger partial charge on any atom is -0.481 e. The molecule has 7 heteroatoms. The van der Waals surface area contributed by atoms with Crippen LogP contribution in [0.5, 0.6) is 5.75 Å². The molecule has 1 aliphatic heterocycles. The highest BCUT2D eigenvalue weighted by Crippen LogP contribution is 2.29. The molecule has 0 saturated carbocycles. The molecule has 0 saturated heterocycles. The SMILES string of the molecule is CC1Oc2ccc(NC(=O)c3cccs3)cc2CN(CCc2ccc(F)cc2)C1=O. The molecular weight excluding hydrogens is 403 g/mol. The quantitative estimate of drug-likeness (QED) is 0.657. The lowest BCUT2D eigenvalue weighted by Gasteiger charge is -2.22. The van der Waals surface area contributed by atoms with Crippen molar-refractivity contribution in [2.75, 3.05) is 11.9 Å². The minimum absolute atomic E-state index is 0.0996. The molecule has 1 N–H and O–H groups in total. The van der Waals surface area contributed by atoms with Gasteiger partial charge in [0.1, 0.15) is 11.6 Å². The van der Waals surface area contributed by atoms with Crippen LogP contribution in [-0.2, 0) is 17.8 Å². The second-order valence-electron chi connectivity index (χ2n) is 7.15. The van der Waals surface area contributed by atoms with Crippen molar-refractivity contribution in [2.24, 2.45) is 0 Å². The summed E-state index contributed by atoms with van der Waals surface area (Å²) in [6.45, 7) is 2.60. The summed E-state index contributed by atoms with van der Waals surface area (Å²) in [6, 6.07) is 15.3. The number of nitrogens with zero attached hydrogens (tertiary/aromatic N) is 1. The molecule has 3 aromatic rings. The Bertz CT molecular complexity index is 1050. The summed E-state index contributed by atoms with van der Waals surface area (Å²) in [4.78, 5) is 27.5. The van der Waals surface area contributed by atoms with Gasteiger partial charge in [0.05, 0.1) is 4.88 Å². The number of fused-ring (bicyclic) bond motifs is 1. The molecule has 0 radical (unpaired) electrons. The van der Waals surface area contributed by atoms with Crippen molar-refractivity contribution in [2.45, 2.75) is 26.0 Å². The van der Waals surface area contributed by atoms with E-state index in [1.54, 1.807) is 42.2 Å². The molecule has 1 aliphatic rings. The second-order valence-corrected chi connectivity index (χ2v) is 8.10. The molecule has 2 aromatic carbocycles. The number of rotatable bonds is 5. The number of ether oxygens (including phenoxy) is 1. The molecule has 4 rings (SSSR count). The van der Waals surface area contributed by atoms with E-state index in [1.165, 1.54) is 23.5 Å². The van der Waals surface area contributed by atoms with Crippen LogP contribution in [0.25, 0.3) is 0 Å². The maximum atomic E-state index is 13.1. The molecule has 154 valence electrons. The first-order valence-electron chi connectivity index (χ1n) is 9.67. The number of thiophene rings is 1. The highest BCUT2D eigenvalue weighted by molar-refractivity contribution is 7.12. The Morgan fingerprint density at radius 3 is 2.77 bits per heavy atom. The van der Waals surface area contributed by atoms with Gasteiger partial charge in [0.2, 0.25) is 0 Å². The van der Waals surface area contributed by atoms with E-state index in [9.17, 15) is 14.0 Å². The molecule has 5 nitrogen and oxygen atoms in total. The van der Waals surface area contributed by atoms with E-state index in [4.69, 9.17) is 4.74 Å². The van der Waals surface area contributed by atoms with Crippen molar-refractivity contribution in [3.05, 3.63) is 81.8 Å². The van der Waals surface area contributed by atoms with Crippen molar-refractivity contribution in [3.63, 3.8) is 0 Å². The van der Waals surface area contributed by atoms with Gasteiger partial charge in [0, 0.05) is 24.3 Å². The standard InChI is InChI=1S/C23H21FN2O3S/c1-15-23(28)26(11-10-16-4-6-18(24)7-5-16)14-17-13-19(8-9-20(17)29-15)25-22(27)21-3-2-12-30-21/h2-9,12-13,15H,10-11,14H2,1H3,(H,25,27). The lowest BCUT2D eigenvalue weighted by molar-refractivity contribution is -0.137. The number of benzene rings is 2. The summed E-state index contributed by atoms with van der Waals surface area (Å²) < 4.78 is 19.0. The largest absolute Gasteiger partial charge is 0.481 e. The number of hydrogen-bond acceptors (Lipinski definition) is 4. The van der Waals surface area contributed by atoms with Crippen molar-refractivity contribution in [1.82, 2.24) is 4.90 Å². The highest BCUT2D eigenvalue weighted by atomic mass is 32.1. The third kappa shape index (κ3) is 4.52. The summed E-state index contributed by atoms with van der Waals surface area (Å²) in [6.07, 6.45) is 0.00844. The molecule has 1 aromatic heterocycles. The molecule has 0 fully saturated rings. The number of halogens is 1. The lowest BCUT2D eigenvalue weighted by Crippen LogP contribution is -2.39. The van der Waals surface area contributed by atoms with E-state index in [-0.39, 0.29) is 17.6 Å². The maximum absolute atomic E-state index is 13.1. The first-order valence-corrected chi connectivity index (χ1v) is 10.6. The van der Waals surface area contributed by atoms with E-state index in [1.807, 2.05) is 17.5 Å².